The largest absolute Gasteiger partial charge is 0.490 e. The molecule has 2 aromatic heterocycles. The molecule has 1 aromatic carbocycles. The van der Waals surface area contributed by atoms with Gasteiger partial charge < -0.3 is 10.1 Å². The molecular weight excluding hydrogens is 399 g/mol. The number of pyridine rings is 1. The van der Waals surface area contributed by atoms with E-state index < -0.39 is 11.2 Å². The summed E-state index contributed by atoms with van der Waals surface area (Å²) in [4.78, 5) is 28.8. The summed E-state index contributed by atoms with van der Waals surface area (Å²) in [7, 11) is 1.58. The van der Waals surface area contributed by atoms with Gasteiger partial charge in [-0.2, -0.15) is 5.10 Å². The number of rotatable bonds is 6. The van der Waals surface area contributed by atoms with Gasteiger partial charge in [0, 0.05) is 24.1 Å². The number of hydrogen-bond donors (Lipinski definition) is 1. The molecule has 3 aromatic rings. The number of nitrogens with one attached hydrogen (secondary N) is 1. The molecule has 2 atom stereocenters. The van der Waals surface area contributed by atoms with Gasteiger partial charge >= 0.3 is 0 Å². The fraction of sp³-hybridized carbons (Fsp3) is 0.304. The predicted octanol–water partition coefficient (Wildman–Crippen LogP) is 2.91. The molecule has 0 saturated heterocycles. The van der Waals surface area contributed by atoms with Gasteiger partial charge in [0.25, 0.3) is 5.56 Å². The van der Waals surface area contributed by atoms with Crippen LogP contribution in [0.4, 0.5) is 10.1 Å². The number of amides is 1. The number of halogens is 1. The van der Waals surface area contributed by atoms with Crippen LogP contribution in [0.1, 0.15) is 23.2 Å². The second-order valence-electron chi connectivity index (χ2n) is 7.91. The smallest absolute Gasteiger partial charge is 0.270 e. The first kappa shape index (κ1) is 20.7. The molecule has 160 valence electrons. The van der Waals surface area contributed by atoms with Crippen LogP contribution in [0, 0.1) is 25.6 Å². The van der Waals surface area contributed by atoms with Crippen LogP contribution in [0.3, 0.4) is 0 Å². The molecule has 8 heteroatoms. The summed E-state index contributed by atoms with van der Waals surface area (Å²) in [6.07, 6.45) is 3.13. The molecule has 7 nitrogen and oxygen atoms in total. The van der Waals surface area contributed by atoms with E-state index in [1.54, 1.807) is 20.9 Å². The number of anilines is 1. The Balaban J connectivity index is 1.58. The predicted molar refractivity (Wildman–Crippen MR) is 113 cm³/mol. The molecular formula is C23H23FN4O3. The Morgan fingerprint density at radius 2 is 2.03 bits per heavy atom. The Morgan fingerprint density at radius 3 is 2.77 bits per heavy atom. The number of aryl methyl sites for hydroxylation is 2. The van der Waals surface area contributed by atoms with E-state index in [0.717, 1.165) is 11.8 Å². The minimum atomic E-state index is -0.548. The lowest BCUT2D eigenvalue weighted by Gasteiger charge is -2.20. The quantitative estimate of drug-likeness (QED) is 0.660. The van der Waals surface area contributed by atoms with Crippen LogP contribution in [-0.4, -0.2) is 27.3 Å². The Hall–Kier alpha value is -3.55. The van der Waals surface area contributed by atoms with E-state index in [1.807, 2.05) is 30.3 Å². The van der Waals surface area contributed by atoms with Crippen molar-refractivity contribution in [3.05, 3.63) is 81.8 Å². The SMILES string of the molecule is Cc1nn(C)c(=O)cc1OC[C@@]1(c2ccccc2)C[C@H]1C(=O)Nc1cncc(F)c1C. The fourth-order valence-electron chi connectivity index (χ4n) is 3.81. The molecule has 0 radical (unpaired) electrons. The van der Waals surface area contributed by atoms with Gasteiger partial charge in [0.05, 0.1) is 30.6 Å². The first-order valence-electron chi connectivity index (χ1n) is 9.96. The highest BCUT2D eigenvalue weighted by atomic mass is 19.1. The lowest BCUT2D eigenvalue weighted by molar-refractivity contribution is -0.117. The van der Waals surface area contributed by atoms with Gasteiger partial charge in [-0.15, -0.1) is 0 Å². The highest BCUT2D eigenvalue weighted by molar-refractivity contribution is 5.96. The average molecular weight is 422 g/mol. The van der Waals surface area contributed by atoms with Crippen LogP contribution >= 0.6 is 0 Å². The van der Waals surface area contributed by atoms with Gasteiger partial charge in [-0.3, -0.25) is 14.6 Å². The molecule has 4 rings (SSSR count). The maximum atomic E-state index is 13.8. The standard InChI is InChI=1S/C23H23FN4O3/c1-14-18(24)11-25-12-19(14)26-22(30)17-10-23(17,16-7-5-4-6-8-16)13-31-20-9-21(29)28(3)27-15(20)2/h4-9,11-12,17H,10,13H2,1-3H3,(H,26,30)/t17-,23+/m0/s1. The first-order chi connectivity index (χ1) is 14.8. The maximum absolute atomic E-state index is 13.8. The van der Waals surface area contributed by atoms with Gasteiger partial charge in [0.2, 0.25) is 5.91 Å². The molecule has 1 aliphatic carbocycles. The molecule has 0 bridgehead atoms. The van der Waals surface area contributed by atoms with Crippen molar-refractivity contribution >= 4 is 11.6 Å². The molecule has 31 heavy (non-hydrogen) atoms. The van der Waals surface area contributed by atoms with Crippen molar-refractivity contribution in [2.75, 3.05) is 11.9 Å². The molecule has 1 aliphatic rings. The number of benzene rings is 1. The summed E-state index contributed by atoms with van der Waals surface area (Å²) in [6.45, 7) is 3.57. The van der Waals surface area contributed by atoms with E-state index in [2.05, 4.69) is 15.4 Å². The van der Waals surface area contributed by atoms with E-state index in [4.69, 9.17) is 4.74 Å². The minimum absolute atomic E-state index is 0.213. The normalized spacial score (nSPS) is 19.7. The van der Waals surface area contributed by atoms with Crippen LogP contribution in [0.2, 0.25) is 0 Å². The lowest BCUT2D eigenvalue weighted by atomic mass is 9.93. The second-order valence-corrected chi connectivity index (χ2v) is 7.91. The van der Waals surface area contributed by atoms with Crippen molar-refractivity contribution in [1.82, 2.24) is 14.8 Å². The Bertz CT molecular complexity index is 1200. The maximum Gasteiger partial charge on any atom is 0.270 e. The zero-order chi connectivity index (χ0) is 22.2. The third kappa shape index (κ3) is 3.93. The van der Waals surface area contributed by atoms with Gasteiger partial charge in [-0.05, 0) is 25.8 Å². The second kappa shape index (κ2) is 7.94. The topological polar surface area (TPSA) is 86.1 Å². The Kier molecular flexibility index (Phi) is 5.31. The zero-order valence-corrected chi connectivity index (χ0v) is 17.6. The van der Waals surface area contributed by atoms with E-state index in [-0.39, 0.29) is 24.0 Å². The van der Waals surface area contributed by atoms with Crippen LogP contribution < -0.4 is 15.6 Å². The number of carbonyl (C=O) groups excluding carboxylic acids is 1. The summed E-state index contributed by atoms with van der Waals surface area (Å²) >= 11 is 0. The molecule has 0 spiro atoms. The number of hydrogen-bond acceptors (Lipinski definition) is 5. The molecule has 1 amide bonds. The lowest BCUT2D eigenvalue weighted by Crippen LogP contribution is -2.28. The number of aromatic nitrogens is 3. The summed E-state index contributed by atoms with van der Waals surface area (Å²) in [6, 6.07) is 11.1. The van der Waals surface area contributed by atoms with Crippen LogP contribution in [0.5, 0.6) is 5.75 Å². The van der Waals surface area contributed by atoms with Crippen molar-refractivity contribution in [2.24, 2.45) is 13.0 Å². The van der Waals surface area contributed by atoms with Gasteiger partial charge in [0.1, 0.15) is 17.3 Å². The van der Waals surface area contributed by atoms with Crippen molar-refractivity contribution in [2.45, 2.75) is 25.7 Å². The zero-order valence-electron chi connectivity index (χ0n) is 17.6. The number of ether oxygens (including phenoxy) is 1. The number of carbonyl (C=O) groups is 1. The Morgan fingerprint density at radius 1 is 1.29 bits per heavy atom. The highest BCUT2D eigenvalue weighted by Crippen LogP contribution is 2.55. The van der Waals surface area contributed by atoms with Crippen LogP contribution in [0.25, 0.3) is 0 Å². The third-order valence-corrected chi connectivity index (χ3v) is 5.87. The molecule has 0 unspecified atom stereocenters. The average Bonchev–Trinajstić information content (AvgIpc) is 3.50. The minimum Gasteiger partial charge on any atom is -0.490 e. The summed E-state index contributed by atoms with van der Waals surface area (Å²) < 4.78 is 21.1. The van der Waals surface area contributed by atoms with Gasteiger partial charge in [-0.25, -0.2) is 9.07 Å². The van der Waals surface area contributed by atoms with E-state index in [1.165, 1.54) is 16.9 Å². The number of nitrogens with zero attached hydrogens (tertiary/aromatic N) is 3. The third-order valence-electron chi connectivity index (χ3n) is 5.87. The van der Waals surface area contributed by atoms with Gasteiger partial charge in [0.15, 0.2) is 0 Å². The molecule has 0 aliphatic heterocycles. The monoisotopic (exact) mass is 422 g/mol. The molecule has 2 heterocycles. The van der Waals surface area contributed by atoms with Crippen molar-refractivity contribution < 1.29 is 13.9 Å². The highest BCUT2D eigenvalue weighted by Gasteiger charge is 2.60. The van der Waals surface area contributed by atoms with Crippen molar-refractivity contribution in [3.8, 4) is 5.75 Å². The van der Waals surface area contributed by atoms with Crippen molar-refractivity contribution in [3.63, 3.8) is 0 Å². The summed E-state index contributed by atoms with van der Waals surface area (Å²) in [5.41, 5.74) is 1.44. The van der Waals surface area contributed by atoms with E-state index in [9.17, 15) is 14.0 Å². The summed E-state index contributed by atoms with van der Waals surface area (Å²) in [5.74, 6) is -0.659. The van der Waals surface area contributed by atoms with E-state index >= 15 is 0 Å². The van der Waals surface area contributed by atoms with Crippen LogP contribution in [0.15, 0.2) is 53.6 Å². The summed E-state index contributed by atoms with van der Waals surface area (Å²) in [5, 5.41) is 6.95. The van der Waals surface area contributed by atoms with E-state index in [0.29, 0.717) is 29.1 Å². The molecule has 1 fully saturated rings. The molecule has 1 saturated carbocycles. The fourth-order valence-corrected chi connectivity index (χ4v) is 3.81. The van der Waals surface area contributed by atoms with Crippen molar-refractivity contribution in [1.29, 1.82) is 0 Å². The Labute approximate surface area is 178 Å². The first-order valence-corrected chi connectivity index (χ1v) is 9.96. The molecule has 1 N–H and O–H groups in total. The van der Waals surface area contributed by atoms with Crippen LogP contribution in [-0.2, 0) is 17.3 Å². The van der Waals surface area contributed by atoms with Gasteiger partial charge in [-0.1, -0.05) is 30.3 Å².